The van der Waals surface area contributed by atoms with Crippen molar-refractivity contribution >= 4 is 11.7 Å². The number of hydrogen-bond acceptors (Lipinski definition) is 6. The van der Waals surface area contributed by atoms with Crippen LogP contribution in [0.1, 0.15) is 63.0 Å². The number of hydrogen-bond donors (Lipinski definition) is 3. The SMILES string of the molecule is Cc1nc(-c2cccc(NC(=O)NC3(c4noc(C(C)C)n4)CCCC3)c2)n[nH]1. The number of aromatic nitrogens is 5. The predicted molar refractivity (Wildman–Crippen MR) is 107 cm³/mol. The molecule has 0 radical (unpaired) electrons. The van der Waals surface area contributed by atoms with Gasteiger partial charge in [-0.2, -0.15) is 10.1 Å². The maximum atomic E-state index is 12.8. The van der Waals surface area contributed by atoms with E-state index in [4.69, 9.17) is 4.52 Å². The van der Waals surface area contributed by atoms with E-state index < -0.39 is 5.54 Å². The van der Waals surface area contributed by atoms with Crippen LogP contribution in [0, 0.1) is 6.92 Å². The Labute approximate surface area is 168 Å². The van der Waals surface area contributed by atoms with Gasteiger partial charge in [0.2, 0.25) is 5.89 Å². The van der Waals surface area contributed by atoms with Crippen molar-refractivity contribution < 1.29 is 9.32 Å². The predicted octanol–water partition coefficient (Wildman–Crippen LogP) is 3.88. The minimum absolute atomic E-state index is 0.144. The number of H-pyrrole nitrogens is 1. The molecule has 1 saturated carbocycles. The lowest BCUT2D eigenvalue weighted by Crippen LogP contribution is -2.46. The summed E-state index contributed by atoms with van der Waals surface area (Å²) in [7, 11) is 0. The van der Waals surface area contributed by atoms with Gasteiger partial charge in [-0.25, -0.2) is 9.78 Å². The number of anilines is 1. The average Bonchev–Trinajstić information content (AvgIpc) is 3.42. The lowest BCUT2D eigenvalue weighted by molar-refractivity contribution is 0.232. The van der Waals surface area contributed by atoms with Crippen molar-refractivity contribution in [2.45, 2.75) is 57.9 Å². The molecule has 2 amide bonds. The molecule has 1 aliphatic carbocycles. The molecular weight excluding hydrogens is 370 g/mol. The molecule has 0 bridgehead atoms. The maximum absolute atomic E-state index is 12.8. The summed E-state index contributed by atoms with van der Waals surface area (Å²) in [4.78, 5) is 21.7. The first-order valence-electron chi connectivity index (χ1n) is 9.88. The number of carbonyl (C=O) groups is 1. The molecule has 3 aromatic rings. The van der Waals surface area contributed by atoms with Crippen LogP contribution in [0.2, 0.25) is 0 Å². The zero-order valence-corrected chi connectivity index (χ0v) is 16.8. The summed E-state index contributed by atoms with van der Waals surface area (Å²) in [6.45, 7) is 5.85. The van der Waals surface area contributed by atoms with E-state index >= 15 is 0 Å². The summed E-state index contributed by atoms with van der Waals surface area (Å²) in [5.74, 6) is 2.61. The monoisotopic (exact) mass is 395 g/mol. The van der Waals surface area contributed by atoms with E-state index in [1.54, 1.807) is 0 Å². The topological polar surface area (TPSA) is 122 Å². The van der Waals surface area contributed by atoms with Gasteiger partial charge in [-0.1, -0.05) is 44.0 Å². The molecule has 9 heteroatoms. The second kappa shape index (κ2) is 7.65. The van der Waals surface area contributed by atoms with Gasteiger partial charge in [0.1, 0.15) is 11.4 Å². The smallest absolute Gasteiger partial charge is 0.320 e. The van der Waals surface area contributed by atoms with Gasteiger partial charge in [-0.3, -0.25) is 5.10 Å². The number of aryl methyl sites for hydroxylation is 1. The number of nitrogens with one attached hydrogen (secondary N) is 3. The van der Waals surface area contributed by atoms with Gasteiger partial charge in [-0.15, -0.1) is 0 Å². The second-order valence-electron chi connectivity index (χ2n) is 7.80. The first-order valence-corrected chi connectivity index (χ1v) is 9.88. The molecular formula is C20H25N7O2. The van der Waals surface area contributed by atoms with Gasteiger partial charge in [-0.05, 0) is 31.9 Å². The first kappa shape index (κ1) is 19.1. The zero-order chi connectivity index (χ0) is 20.4. The Hall–Kier alpha value is -3.23. The average molecular weight is 395 g/mol. The van der Waals surface area contributed by atoms with Crippen LogP contribution in [0.4, 0.5) is 10.5 Å². The van der Waals surface area contributed by atoms with E-state index in [1.165, 1.54) is 0 Å². The first-order chi connectivity index (χ1) is 13.9. The van der Waals surface area contributed by atoms with E-state index in [-0.39, 0.29) is 11.9 Å². The van der Waals surface area contributed by atoms with E-state index in [1.807, 2.05) is 45.0 Å². The number of amides is 2. The molecule has 29 heavy (non-hydrogen) atoms. The third-order valence-electron chi connectivity index (χ3n) is 5.15. The molecule has 1 fully saturated rings. The molecule has 0 saturated heterocycles. The fourth-order valence-corrected chi connectivity index (χ4v) is 3.63. The molecule has 2 aromatic heterocycles. The van der Waals surface area contributed by atoms with Crippen molar-refractivity contribution in [3.8, 4) is 11.4 Å². The van der Waals surface area contributed by atoms with Crippen molar-refractivity contribution in [2.24, 2.45) is 0 Å². The van der Waals surface area contributed by atoms with Crippen molar-refractivity contribution in [3.63, 3.8) is 0 Å². The van der Waals surface area contributed by atoms with Gasteiger partial charge in [0.25, 0.3) is 0 Å². The number of urea groups is 1. The van der Waals surface area contributed by atoms with Crippen LogP contribution < -0.4 is 10.6 Å². The minimum Gasteiger partial charge on any atom is -0.339 e. The summed E-state index contributed by atoms with van der Waals surface area (Å²) in [5.41, 5.74) is 0.883. The quantitative estimate of drug-likeness (QED) is 0.603. The Morgan fingerprint density at radius 1 is 1.24 bits per heavy atom. The molecule has 0 spiro atoms. The largest absolute Gasteiger partial charge is 0.339 e. The molecule has 0 aliphatic heterocycles. The van der Waals surface area contributed by atoms with Crippen LogP contribution in [-0.4, -0.2) is 31.4 Å². The molecule has 0 atom stereocenters. The maximum Gasteiger partial charge on any atom is 0.320 e. The third kappa shape index (κ3) is 3.98. The van der Waals surface area contributed by atoms with E-state index in [9.17, 15) is 4.79 Å². The van der Waals surface area contributed by atoms with Crippen molar-refractivity contribution in [1.29, 1.82) is 0 Å². The van der Waals surface area contributed by atoms with Crippen LogP contribution in [-0.2, 0) is 5.54 Å². The Bertz CT molecular complexity index is 1000. The van der Waals surface area contributed by atoms with Crippen molar-refractivity contribution in [1.82, 2.24) is 30.6 Å². The lowest BCUT2D eigenvalue weighted by atomic mass is 9.97. The number of nitrogens with zero attached hydrogens (tertiary/aromatic N) is 4. The third-order valence-corrected chi connectivity index (χ3v) is 5.15. The van der Waals surface area contributed by atoms with Gasteiger partial charge in [0.15, 0.2) is 11.6 Å². The highest BCUT2D eigenvalue weighted by Gasteiger charge is 2.41. The number of carbonyl (C=O) groups excluding carboxylic acids is 1. The molecule has 3 N–H and O–H groups in total. The van der Waals surface area contributed by atoms with Gasteiger partial charge in [0, 0.05) is 17.2 Å². The summed E-state index contributed by atoms with van der Waals surface area (Å²) in [6.07, 6.45) is 3.58. The van der Waals surface area contributed by atoms with Crippen LogP contribution in [0.3, 0.4) is 0 Å². The van der Waals surface area contributed by atoms with E-state index in [0.717, 1.165) is 37.1 Å². The van der Waals surface area contributed by atoms with Crippen molar-refractivity contribution in [3.05, 3.63) is 41.8 Å². The van der Waals surface area contributed by atoms with Crippen molar-refractivity contribution in [2.75, 3.05) is 5.32 Å². The second-order valence-corrected chi connectivity index (χ2v) is 7.80. The van der Waals surface area contributed by atoms with Crippen LogP contribution in [0.5, 0.6) is 0 Å². The van der Waals surface area contributed by atoms with Gasteiger partial charge < -0.3 is 15.2 Å². The summed E-state index contributed by atoms with van der Waals surface area (Å²) in [5, 5.41) is 17.2. The molecule has 152 valence electrons. The highest BCUT2D eigenvalue weighted by atomic mass is 16.5. The van der Waals surface area contributed by atoms with Crippen LogP contribution in [0.15, 0.2) is 28.8 Å². The van der Waals surface area contributed by atoms with E-state index in [2.05, 4.69) is 36.0 Å². The number of benzene rings is 1. The van der Waals surface area contributed by atoms with Gasteiger partial charge >= 0.3 is 6.03 Å². The summed E-state index contributed by atoms with van der Waals surface area (Å²) >= 11 is 0. The highest BCUT2D eigenvalue weighted by Crippen LogP contribution is 2.37. The Kier molecular flexibility index (Phi) is 5.04. The number of rotatable bonds is 5. The number of aromatic amines is 1. The normalized spacial score (nSPS) is 15.6. The zero-order valence-electron chi connectivity index (χ0n) is 16.8. The minimum atomic E-state index is -0.598. The highest BCUT2D eigenvalue weighted by molar-refractivity contribution is 5.90. The Morgan fingerprint density at radius 2 is 2.03 bits per heavy atom. The molecule has 1 aliphatic rings. The fourth-order valence-electron chi connectivity index (χ4n) is 3.63. The molecule has 2 heterocycles. The Balaban J connectivity index is 1.50. The van der Waals surface area contributed by atoms with Gasteiger partial charge in [0.05, 0.1) is 0 Å². The standard InChI is InChI=1S/C20H25N7O2/c1-12(2)17-23-18(27-29-17)20(9-4-5-10-20)24-19(28)22-15-8-6-7-14(11-15)16-21-13(3)25-26-16/h6-8,11-12H,4-5,9-10H2,1-3H3,(H,21,25,26)(H2,22,24,28). The lowest BCUT2D eigenvalue weighted by Gasteiger charge is -2.26. The summed E-state index contributed by atoms with van der Waals surface area (Å²) in [6, 6.07) is 7.13. The molecule has 9 nitrogen and oxygen atoms in total. The van der Waals surface area contributed by atoms with Crippen LogP contribution >= 0.6 is 0 Å². The fraction of sp³-hybridized carbons (Fsp3) is 0.450. The molecule has 0 unspecified atom stereocenters. The molecule has 4 rings (SSSR count). The van der Waals surface area contributed by atoms with Crippen LogP contribution in [0.25, 0.3) is 11.4 Å². The summed E-state index contributed by atoms with van der Waals surface area (Å²) < 4.78 is 5.38. The Morgan fingerprint density at radius 3 is 2.69 bits per heavy atom. The van der Waals surface area contributed by atoms with E-state index in [0.29, 0.717) is 23.2 Å². The molecule has 1 aromatic carbocycles.